The molecule has 2 rings (SSSR count). The molecule has 2 N–H and O–H groups in total. The van der Waals surface area contributed by atoms with Crippen LogP contribution in [0.4, 0.5) is 4.39 Å². The summed E-state index contributed by atoms with van der Waals surface area (Å²) in [6, 6.07) is 3.38. The van der Waals surface area contributed by atoms with Gasteiger partial charge in [0, 0.05) is 18.7 Å². The molecule has 0 unspecified atom stereocenters. The van der Waals surface area contributed by atoms with Crippen LogP contribution >= 0.6 is 0 Å². The van der Waals surface area contributed by atoms with Gasteiger partial charge in [-0.05, 0) is 24.6 Å². The van der Waals surface area contributed by atoms with Gasteiger partial charge in [-0.1, -0.05) is 6.07 Å². The van der Waals surface area contributed by atoms with Gasteiger partial charge >= 0.3 is 7.12 Å². The molecule has 19 heavy (non-hydrogen) atoms. The first-order chi connectivity index (χ1) is 9.04. The van der Waals surface area contributed by atoms with E-state index in [0.717, 1.165) is 32.4 Å². The minimum atomic E-state index is -1.71. The molecule has 1 aromatic carbocycles. The molecular weight excluding hydrogens is 252 g/mol. The Hall–Kier alpha value is -1.28. The number of morpholine rings is 1. The molecule has 0 radical (unpaired) electrons. The molecule has 5 nitrogen and oxygen atoms in total. The van der Waals surface area contributed by atoms with Crippen molar-refractivity contribution >= 4 is 18.9 Å². The van der Waals surface area contributed by atoms with Gasteiger partial charge in [-0.15, -0.1) is 0 Å². The monoisotopic (exact) mass is 269 g/mol. The number of carbonyl (C=O) groups is 1. The van der Waals surface area contributed by atoms with Crippen LogP contribution in [0.3, 0.4) is 0 Å². The average molecular weight is 269 g/mol. The maximum Gasteiger partial charge on any atom is 0.488 e. The van der Waals surface area contributed by atoms with E-state index in [1.807, 2.05) is 0 Å². The van der Waals surface area contributed by atoms with E-state index in [1.165, 1.54) is 12.1 Å². The molecule has 1 aliphatic heterocycles. The van der Waals surface area contributed by atoms with Gasteiger partial charge in [-0.25, -0.2) is 4.39 Å². The fourth-order valence-corrected chi connectivity index (χ4v) is 1.45. The molecule has 104 valence electrons. The molecule has 7 heteroatoms. The van der Waals surface area contributed by atoms with E-state index in [1.54, 1.807) is 0 Å². The van der Waals surface area contributed by atoms with E-state index in [4.69, 9.17) is 14.8 Å². The van der Waals surface area contributed by atoms with Gasteiger partial charge in [-0.2, -0.15) is 0 Å². The largest absolute Gasteiger partial charge is 0.488 e. The standard InChI is InChI=1S/C7H6BFO3.C5H11NO/c9-7-3-6(8(11)12)2-1-5(7)4-10;1-6-2-4-7-5-3-6/h1-4,11-12H;2-5H2,1H3. The van der Waals surface area contributed by atoms with E-state index in [9.17, 15) is 9.18 Å². The number of rotatable bonds is 2. The molecule has 0 spiro atoms. The fraction of sp³-hybridized carbons (Fsp3) is 0.417. The normalized spacial score (nSPS) is 15.4. The first-order valence-corrected chi connectivity index (χ1v) is 5.91. The van der Waals surface area contributed by atoms with Crippen LogP contribution in [0.15, 0.2) is 18.2 Å². The van der Waals surface area contributed by atoms with Crippen LogP contribution in [0.1, 0.15) is 10.4 Å². The van der Waals surface area contributed by atoms with E-state index < -0.39 is 12.9 Å². The maximum atomic E-state index is 12.8. The lowest BCUT2D eigenvalue weighted by Crippen LogP contribution is -2.32. The number of nitrogens with zero attached hydrogens (tertiary/aromatic N) is 1. The summed E-state index contributed by atoms with van der Waals surface area (Å²) in [5.74, 6) is -0.754. The highest BCUT2D eigenvalue weighted by atomic mass is 19.1. The molecule has 0 aromatic heterocycles. The van der Waals surface area contributed by atoms with Gasteiger partial charge in [0.15, 0.2) is 6.29 Å². The van der Waals surface area contributed by atoms with Crippen molar-refractivity contribution in [3.63, 3.8) is 0 Å². The molecular formula is C12H17BFNO4. The van der Waals surface area contributed by atoms with Crippen molar-refractivity contribution in [3.05, 3.63) is 29.6 Å². The summed E-state index contributed by atoms with van der Waals surface area (Å²) in [7, 11) is 0.405. The smallest absolute Gasteiger partial charge is 0.423 e. The van der Waals surface area contributed by atoms with Gasteiger partial charge < -0.3 is 19.7 Å². The Kier molecular flexibility index (Phi) is 6.65. The lowest BCUT2D eigenvalue weighted by atomic mass is 9.80. The van der Waals surface area contributed by atoms with Crippen LogP contribution < -0.4 is 5.46 Å². The van der Waals surface area contributed by atoms with Crippen LogP contribution in [0, 0.1) is 5.82 Å². The fourth-order valence-electron chi connectivity index (χ4n) is 1.45. The first-order valence-electron chi connectivity index (χ1n) is 5.91. The van der Waals surface area contributed by atoms with Gasteiger partial charge in [0.2, 0.25) is 0 Å². The van der Waals surface area contributed by atoms with E-state index in [-0.39, 0.29) is 11.0 Å². The lowest BCUT2D eigenvalue weighted by Gasteiger charge is -2.21. The van der Waals surface area contributed by atoms with Crippen molar-refractivity contribution in [2.75, 3.05) is 33.4 Å². The van der Waals surface area contributed by atoms with Crippen molar-refractivity contribution in [2.45, 2.75) is 0 Å². The third-order valence-corrected chi connectivity index (χ3v) is 2.68. The summed E-state index contributed by atoms with van der Waals surface area (Å²) in [6.07, 6.45) is 0.364. The second kappa shape index (κ2) is 8.01. The molecule has 1 saturated heterocycles. The summed E-state index contributed by atoms with van der Waals surface area (Å²) in [6.45, 7) is 4.02. The van der Waals surface area contributed by atoms with Crippen LogP contribution in [0.25, 0.3) is 0 Å². The van der Waals surface area contributed by atoms with Crippen molar-refractivity contribution in [1.29, 1.82) is 0 Å². The number of halogens is 1. The molecule has 1 fully saturated rings. The predicted molar refractivity (Wildman–Crippen MR) is 69.9 cm³/mol. The zero-order valence-corrected chi connectivity index (χ0v) is 10.8. The van der Waals surface area contributed by atoms with E-state index in [0.29, 0.717) is 6.29 Å². The Morgan fingerprint density at radius 1 is 1.37 bits per heavy atom. The number of hydrogen-bond donors (Lipinski definition) is 2. The molecule has 1 heterocycles. The van der Waals surface area contributed by atoms with Gasteiger partial charge in [-0.3, -0.25) is 4.79 Å². The van der Waals surface area contributed by atoms with E-state index in [2.05, 4.69) is 11.9 Å². The zero-order valence-electron chi connectivity index (χ0n) is 10.8. The van der Waals surface area contributed by atoms with Crippen LogP contribution in [0.2, 0.25) is 0 Å². The number of likely N-dealkylation sites (N-methyl/N-ethyl adjacent to an activating group) is 1. The molecule has 0 bridgehead atoms. The highest BCUT2D eigenvalue weighted by Gasteiger charge is 2.12. The van der Waals surface area contributed by atoms with E-state index >= 15 is 0 Å². The Morgan fingerprint density at radius 3 is 2.37 bits per heavy atom. The Labute approximate surface area is 111 Å². The molecule has 0 aliphatic carbocycles. The average Bonchev–Trinajstić information content (AvgIpc) is 2.40. The number of ether oxygens (including phenoxy) is 1. The minimum Gasteiger partial charge on any atom is -0.423 e. The van der Waals surface area contributed by atoms with Gasteiger partial charge in [0.1, 0.15) is 5.82 Å². The molecule has 0 amide bonds. The number of hydrogen-bond acceptors (Lipinski definition) is 5. The minimum absolute atomic E-state index is 0.0260. The Balaban J connectivity index is 0.000000218. The number of carbonyl (C=O) groups excluding carboxylic acids is 1. The third-order valence-electron chi connectivity index (χ3n) is 2.68. The quantitative estimate of drug-likeness (QED) is 0.547. The zero-order chi connectivity index (χ0) is 14.3. The predicted octanol–water partition coefficient (Wildman–Crippen LogP) is -0.734. The highest BCUT2D eigenvalue weighted by Crippen LogP contribution is 2.01. The highest BCUT2D eigenvalue weighted by molar-refractivity contribution is 6.58. The summed E-state index contributed by atoms with van der Waals surface area (Å²) in [5, 5.41) is 17.2. The van der Waals surface area contributed by atoms with Crippen LogP contribution in [-0.4, -0.2) is 61.7 Å². The second-order valence-electron chi connectivity index (χ2n) is 4.19. The molecule has 1 aliphatic rings. The van der Waals surface area contributed by atoms with Crippen molar-refractivity contribution in [3.8, 4) is 0 Å². The van der Waals surface area contributed by atoms with Gasteiger partial charge in [0.05, 0.1) is 13.2 Å². The van der Waals surface area contributed by atoms with Crippen molar-refractivity contribution in [2.24, 2.45) is 0 Å². The van der Waals surface area contributed by atoms with Crippen molar-refractivity contribution < 1.29 is 24.0 Å². The molecule has 0 saturated carbocycles. The number of benzene rings is 1. The summed E-state index contributed by atoms with van der Waals surface area (Å²) in [5.41, 5.74) is -0.0718. The van der Waals surface area contributed by atoms with Crippen LogP contribution in [0.5, 0.6) is 0 Å². The number of aldehydes is 1. The summed E-state index contributed by atoms with van der Waals surface area (Å²) < 4.78 is 17.9. The lowest BCUT2D eigenvalue weighted by molar-refractivity contribution is 0.0503. The van der Waals surface area contributed by atoms with Crippen LogP contribution in [-0.2, 0) is 4.74 Å². The Morgan fingerprint density at radius 2 is 2.00 bits per heavy atom. The topological polar surface area (TPSA) is 70.0 Å². The van der Waals surface area contributed by atoms with Gasteiger partial charge in [0.25, 0.3) is 0 Å². The third kappa shape index (κ3) is 5.48. The Bertz CT molecular complexity index is 411. The summed E-state index contributed by atoms with van der Waals surface area (Å²) in [4.78, 5) is 12.4. The first kappa shape index (κ1) is 15.8. The van der Waals surface area contributed by atoms with Crippen molar-refractivity contribution in [1.82, 2.24) is 4.90 Å². The summed E-state index contributed by atoms with van der Waals surface area (Å²) >= 11 is 0. The SMILES string of the molecule is CN1CCOCC1.O=Cc1ccc(B(O)O)cc1F. The molecule has 1 aromatic rings. The second-order valence-corrected chi connectivity index (χ2v) is 4.19. The molecule has 0 atom stereocenters. The maximum absolute atomic E-state index is 12.8.